The number of esters is 1. The van der Waals surface area contributed by atoms with Crippen molar-refractivity contribution < 1.29 is 19.5 Å². The molecule has 1 heterocycles. The predicted molar refractivity (Wildman–Crippen MR) is 115 cm³/mol. The molecule has 0 spiro atoms. The van der Waals surface area contributed by atoms with E-state index in [0.29, 0.717) is 11.3 Å². The third-order valence-electron chi connectivity index (χ3n) is 5.75. The highest BCUT2D eigenvalue weighted by molar-refractivity contribution is 5.93. The Kier molecular flexibility index (Phi) is 7.74. The number of ether oxygens (including phenoxy) is 1. The van der Waals surface area contributed by atoms with Gasteiger partial charge in [0.15, 0.2) is 0 Å². The van der Waals surface area contributed by atoms with Crippen LogP contribution in [0.2, 0.25) is 0 Å². The molecule has 1 aliphatic heterocycles. The standard InChI is InChI=1S/C23H33N3O4/c1-16(2)15-21(23(28)30-20-5-3-4-6-20)24-18-11-13-26(14-12-18)19-9-7-17(8-10-19)22(27)25-29/h7-10,15-16,18,20,24,29H,3-6,11-14H2,1-2H3,(H,25,27)/b21-15+. The molecule has 30 heavy (non-hydrogen) atoms. The topological polar surface area (TPSA) is 90.9 Å². The maximum absolute atomic E-state index is 12.7. The quantitative estimate of drug-likeness (QED) is 0.274. The molecule has 1 amide bonds. The molecule has 1 saturated heterocycles. The lowest BCUT2D eigenvalue weighted by molar-refractivity contribution is -0.144. The Hall–Kier alpha value is -2.54. The third kappa shape index (κ3) is 5.98. The van der Waals surface area contributed by atoms with E-state index in [1.165, 1.54) is 0 Å². The zero-order valence-corrected chi connectivity index (χ0v) is 17.9. The lowest BCUT2D eigenvalue weighted by Crippen LogP contribution is -2.43. The van der Waals surface area contributed by atoms with Crippen molar-refractivity contribution in [3.8, 4) is 0 Å². The first-order valence-electron chi connectivity index (χ1n) is 10.9. The van der Waals surface area contributed by atoms with Gasteiger partial charge in [0.25, 0.3) is 5.91 Å². The fourth-order valence-electron chi connectivity index (χ4n) is 4.12. The van der Waals surface area contributed by atoms with Crippen LogP contribution in [0.4, 0.5) is 5.69 Å². The second kappa shape index (κ2) is 10.5. The molecule has 1 saturated carbocycles. The molecule has 0 bridgehead atoms. The molecule has 7 nitrogen and oxygen atoms in total. The Balaban J connectivity index is 1.54. The molecule has 2 aliphatic rings. The van der Waals surface area contributed by atoms with Crippen molar-refractivity contribution in [3.05, 3.63) is 41.6 Å². The summed E-state index contributed by atoms with van der Waals surface area (Å²) in [5, 5.41) is 12.2. The summed E-state index contributed by atoms with van der Waals surface area (Å²) < 4.78 is 5.72. The molecule has 0 atom stereocenters. The first kappa shape index (κ1) is 22.2. The summed E-state index contributed by atoms with van der Waals surface area (Å²) in [7, 11) is 0. The van der Waals surface area contributed by atoms with Gasteiger partial charge in [-0.1, -0.05) is 19.9 Å². The Labute approximate surface area is 178 Å². The first-order chi connectivity index (χ1) is 14.5. The van der Waals surface area contributed by atoms with Gasteiger partial charge in [-0.15, -0.1) is 0 Å². The van der Waals surface area contributed by atoms with Crippen LogP contribution in [-0.4, -0.2) is 42.3 Å². The van der Waals surface area contributed by atoms with Crippen LogP contribution in [0.3, 0.4) is 0 Å². The number of carbonyl (C=O) groups excluding carboxylic acids is 2. The summed E-state index contributed by atoms with van der Waals surface area (Å²) in [6, 6.07) is 7.41. The van der Waals surface area contributed by atoms with E-state index in [1.807, 2.05) is 18.2 Å². The largest absolute Gasteiger partial charge is 0.458 e. The fourth-order valence-corrected chi connectivity index (χ4v) is 4.12. The maximum Gasteiger partial charge on any atom is 0.354 e. The predicted octanol–water partition coefficient (Wildman–Crippen LogP) is 3.39. The highest BCUT2D eigenvalue weighted by atomic mass is 16.5. The zero-order chi connectivity index (χ0) is 21.5. The number of amides is 1. The highest BCUT2D eigenvalue weighted by Crippen LogP contribution is 2.24. The lowest BCUT2D eigenvalue weighted by atomic mass is 10.0. The lowest BCUT2D eigenvalue weighted by Gasteiger charge is -2.34. The fraction of sp³-hybridized carbons (Fsp3) is 0.565. The number of benzene rings is 1. The monoisotopic (exact) mass is 415 g/mol. The molecule has 3 rings (SSSR count). The third-order valence-corrected chi connectivity index (χ3v) is 5.75. The summed E-state index contributed by atoms with van der Waals surface area (Å²) in [5.74, 6) is -0.479. The van der Waals surface area contributed by atoms with Gasteiger partial charge in [-0.05, 0) is 68.7 Å². The number of rotatable bonds is 7. The normalized spacial score (nSPS) is 18.5. The van der Waals surface area contributed by atoms with E-state index in [1.54, 1.807) is 17.6 Å². The molecule has 164 valence electrons. The van der Waals surface area contributed by atoms with E-state index in [4.69, 9.17) is 9.94 Å². The Bertz CT molecular complexity index is 746. The van der Waals surface area contributed by atoms with Gasteiger partial charge in [-0.25, -0.2) is 10.3 Å². The molecule has 0 radical (unpaired) electrons. The smallest absolute Gasteiger partial charge is 0.354 e. The van der Waals surface area contributed by atoms with E-state index >= 15 is 0 Å². The number of anilines is 1. The van der Waals surface area contributed by atoms with Crippen molar-refractivity contribution in [1.82, 2.24) is 10.8 Å². The van der Waals surface area contributed by atoms with Crippen LogP contribution in [0.1, 0.15) is 62.7 Å². The summed E-state index contributed by atoms with van der Waals surface area (Å²) in [5.41, 5.74) is 3.70. The number of allylic oxidation sites excluding steroid dienone is 1. The summed E-state index contributed by atoms with van der Waals surface area (Å²) in [6.45, 7) is 5.84. The number of nitrogens with one attached hydrogen (secondary N) is 2. The minimum Gasteiger partial charge on any atom is -0.458 e. The van der Waals surface area contributed by atoms with Crippen LogP contribution in [-0.2, 0) is 9.53 Å². The van der Waals surface area contributed by atoms with E-state index in [9.17, 15) is 9.59 Å². The average molecular weight is 416 g/mol. The Morgan fingerprint density at radius 1 is 1.10 bits per heavy atom. The number of nitrogens with zero attached hydrogens (tertiary/aromatic N) is 1. The van der Waals surface area contributed by atoms with Crippen LogP contribution >= 0.6 is 0 Å². The van der Waals surface area contributed by atoms with Gasteiger partial charge in [0, 0.05) is 30.4 Å². The van der Waals surface area contributed by atoms with Crippen molar-refractivity contribution in [2.45, 2.75) is 64.5 Å². The molecule has 1 aromatic carbocycles. The molecular weight excluding hydrogens is 382 g/mol. The van der Waals surface area contributed by atoms with Crippen molar-refractivity contribution in [2.24, 2.45) is 5.92 Å². The molecule has 0 unspecified atom stereocenters. The van der Waals surface area contributed by atoms with Crippen molar-refractivity contribution >= 4 is 17.6 Å². The molecule has 3 N–H and O–H groups in total. The van der Waals surface area contributed by atoms with Crippen LogP contribution in [0, 0.1) is 5.92 Å². The second-order valence-corrected chi connectivity index (χ2v) is 8.53. The van der Waals surface area contributed by atoms with Crippen molar-refractivity contribution in [3.63, 3.8) is 0 Å². The van der Waals surface area contributed by atoms with Gasteiger partial charge in [-0.2, -0.15) is 0 Å². The SMILES string of the molecule is CC(C)/C=C(/NC1CCN(c2ccc(C(=O)NO)cc2)CC1)C(=O)OC1CCCC1. The highest BCUT2D eigenvalue weighted by Gasteiger charge is 2.25. The van der Waals surface area contributed by atoms with Gasteiger partial charge >= 0.3 is 5.97 Å². The number of hydroxylamine groups is 1. The van der Waals surface area contributed by atoms with Crippen molar-refractivity contribution in [1.29, 1.82) is 0 Å². The Morgan fingerprint density at radius 2 is 1.73 bits per heavy atom. The number of carbonyl (C=O) groups is 2. The minimum absolute atomic E-state index is 0.0626. The molecular formula is C23H33N3O4. The van der Waals surface area contributed by atoms with Crippen LogP contribution in [0.15, 0.2) is 36.0 Å². The van der Waals surface area contributed by atoms with E-state index in [0.717, 1.165) is 57.3 Å². The van der Waals surface area contributed by atoms with Gasteiger partial charge in [-0.3, -0.25) is 10.0 Å². The van der Waals surface area contributed by atoms with Gasteiger partial charge < -0.3 is 15.0 Å². The molecule has 2 fully saturated rings. The maximum atomic E-state index is 12.7. The van der Waals surface area contributed by atoms with Gasteiger partial charge in [0.2, 0.25) is 0 Å². The molecule has 7 heteroatoms. The van der Waals surface area contributed by atoms with Gasteiger partial charge in [0.1, 0.15) is 11.8 Å². The molecule has 0 aromatic heterocycles. The zero-order valence-electron chi connectivity index (χ0n) is 17.9. The number of hydrogen-bond acceptors (Lipinski definition) is 6. The second-order valence-electron chi connectivity index (χ2n) is 8.53. The minimum atomic E-state index is -0.515. The van der Waals surface area contributed by atoms with Gasteiger partial charge in [0.05, 0.1) is 0 Å². The molecule has 1 aromatic rings. The average Bonchev–Trinajstić information content (AvgIpc) is 3.26. The van der Waals surface area contributed by atoms with E-state index < -0.39 is 5.91 Å². The Morgan fingerprint density at radius 3 is 2.30 bits per heavy atom. The van der Waals surface area contributed by atoms with Crippen LogP contribution in [0.25, 0.3) is 0 Å². The summed E-state index contributed by atoms with van der Waals surface area (Å²) in [4.78, 5) is 26.4. The van der Waals surface area contributed by atoms with E-state index in [2.05, 4.69) is 24.1 Å². The first-order valence-corrected chi connectivity index (χ1v) is 10.9. The molecule has 1 aliphatic carbocycles. The summed E-state index contributed by atoms with van der Waals surface area (Å²) >= 11 is 0. The van der Waals surface area contributed by atoms with Crippen molar-refractivity contribution in [2.75, 3.05) is 18.0 Å². The number of piperidine rings is 1. The van der Waals surface area contributed by atoms with Crippen LogP contribution < -0.4 is 15.7 Å². The van der Waals surface area contributed by atoms with Crippen LogP contribution in [0.5, 0.6) is 0 Å². The summed E-state index contributed by atoms with van der Waals surface area (Å²) in [6.07, 6.45) is 8.06. The van der Waals surface area contributed by atoms with E-state index in [-0.39, 0.29) is 24.0 Å². The number of hydrogen-bond donors (Lipinski definition) is 3.